The summed E-state index contributed by atoms with van der Waals surface area (Å²) >= 11 is 0. The summed E-state index contributed by atoms with van der Waals surface area (Å²) in [6.45, 7) is 5.94. The topological polar surface area (TPSA) is 64.3 Å². The summed E-state index contributed by atoms with van der Waals surface area (Å²) in [7, 11) is 0. The molecule has 1 aliphatic carbocycles. The van der Waals surface area contributed by atoms with Gasteiger partial charge in [0.25, 0.3) is 0 Å². The van der Waals surface area contributed by atoms with Crippen molar-refractivity contribution in [1.29, 1.82) is 0 Å². The molecule has 1 saturated carbocycles. The zero-order chi connectivity index (χ0) is 12.7. The molecule has 0 bridgehead atoms. The second-order valence-corrected chi connectivity index (χ2v) is 4.71. The van der Waals surface area contributed by atoms with E-state index < -0.39 is 0 Å². The molecule has 0 radical (unpaired) electrons. The maximum Gasteiger partial charge on any atom is 0.249 e. The minimum Gasteiger partial charge on any atom is -0.368 e. The Bertz CT molecular complexity index is 253. The highest BCUT2D eigenvalue weighted by molar-refractivity contribution is 5.85. The number of rotatable bonds is 6. The highest BCUT2D eigenvalue weighted by Gasteiger charge is 2.22. The van der Waals surface area contributed by atoms with Gasteiger partial charge in [-0.2, -0.15) is 0 Å². The zero-order valence-electron chi connectivity index (χ0n) is 11.1. The van der Waals surface area contributed by atoms with E-state index in [-0.39, 0.29) is 30.5 Å². The van der Waals surface area contributed by atoms with Gasteiger partial charge in [-0.15, -0.1) is 19.0 Å². The Labute approximate surface area is 116 Å². The molecule has 0 aliphatic heterocycles. The third kappa shape index (κ3) is 6.38. The molecule has 0 saturated heterocycles. The normalized spacial score (nSPS) is 24.8. The van der Waals surface area contributed by atoms with E-state index in [0.29, 0.717) is 12.6 Å². The van der Waals surface area contributed by atoms with E-state index in [1.165, 1.54) is 0 Å². The molecule has 1 rings (SSSR count). The van der Waals surface area contributed by atoms with Crippen molar-refractivity contribution in [2.45, 2.75) is 57.2 Å². The van der Waals surface area contributed by atoms with Gasteiger partial charge in [-0.05, 0) is 39.0 Å². The maximum atomic E-state index is 11.8. The first-order valence-electron chi connectivity index (χ1n) is 6.42. The molecule has 5 heteroatoms. The zero-order valence-corrected chi connectivity index (χ0v) is 11.9. The molecule has 0 aromatic carbocycles. The standard InChI is InChI=1S/C13H24N2O2.ClH/c1-3-4-9-17-10(2)13(16)15-12-7-5-11(14)6-8-12;/h3,10-12H,1,4-9,14H2,2H3,(H,15,16);1H. The summed E-state index contributed by atoms with van der Waals surface area (Å²) in [4.78, 5) is 11.8. The summed E-state index contributed by atoms with van der Waals surface area (Å²) in [5.41, 5.74) is 5.82. The van der Waals surface area contributed by atoms with Crippen molar-refractivity contribution in [2.24, 2.45) is 5.73 Å². The van der Waals surface area contributed by atoms with Gasteiger partial charge in [0.1, 0.15) is 6.10 Å². The second kappa shape index (κ2) is 9.36. The Morgan fingerprint density at radius 2 is 2.11 bits per heavy atom. The number of carbonyl (C=O) groups is 1. The minimum atomic E-state index is -0.384. The minimum absolute atomic E-state index is 0. The average molecular weight is 277 g/mol. The van der Waals surface area contributed by atoms with Crippen LogP contribution >= 0.6 is 12.4 Å². The summed E-state index contributed by atoms with van der Waals surface area (Å²) < 4.78 is 5.40. The van der Waals surface area contributed by atoms with E-state index in [2.05, 4.69) is 11.9 Å². The lowest BCUT2D eigenvalue weighted by Crippen LogP contribution is -2.44. The predicted octanol–water partition coefficient (Wildman–Crippen LogP) is 1.78. The number of hydrogen-bond donors (Lipinski definition) is 2. The lowest BCUT2D eigenvalue weighted by molar-refractivity contribution is -0.132. The Balaban J connectivity index is 0.00000289. The summed E-state index contributed by atoms with van der Waals surface area (Å²) in [6, 6.07) is 0.581. The van der Waals surface area contributed by atoms with Crippen LogP contribution in [0.4, 0.5) is 0 Å². The summed E-state index contributed by atoms with van der Waals surface area (Å²) in [5.74, 6) is -0.0190. The molecule has 1 fully saturated rings. The number of amides is 1. The Kier molecular flexibility index (Phi) is 9.06. The lowest BCUT2D eigenvalue weighted by atomic mass is 9.92. The van der Waals surface area contributed by atoms with E-state index in [0.717, 1.165) is 32.1 Å². The van der Waals surface area contributed by atoms with Gasteiger partial charge in [0, 0.05) is 12.1 Å². The number of nitrogens with one attached hydrogen (secondary N) is 1. The number of carbonyl (C=O) groups excluding carboxylic acids is 1. The average Bonchev–Trinajstić information content (AvgIpc) is 2.32. The Morgan fingerprint density at radius 3 is 2.67 bits per heavy atom. The summed E-state index contributed by atoms with van der Waals surface area (Å²) in [5, 5.41) is 3.02. The van der Waals surface area contributed by atoms with Crippen LogP contribution in [0, 0.1) is 0 Å². The highest BCUT2D eigenvalue weighted by atomic mass is 35.5. The molecule has 0 spiro atoms. The SMILES string of the molecule is C=CCCOC(C)C(=O)NC1CCC(N)CC1.Cl. The van der Waals surface area contributed by atoms with Crippen LogP contribution in [0.1, 0.15) is 39.0 Å². The maximum absolute atomic E-state index is 11.8. The van der Waals surface area contributed by atoms with E-state index in [1.807, 2.05) is 0 Å². The van der Waals surface area contributed by atoms with Gasteiger partial charge in [0.15, 0.2) is 0 Å². The fourth-order valence-electron chi connectivity index (χ4n) is 1.99. The smallest absolute Gasteiger partial charge is 0.249 e. The van der Waals surface area contributed by atoms with E-state index in [9.17, 15) is 4.79 Å². The van der Waals surface area contributed by atoms with E-state index in [1.54, 1.807) is 13.0 Å². The molecule has 0 heterocycles. The van der Waals surface area contributed by atoms with Crippen LogP contribution in [-0.4, -0.2) is 30.7 Å². The Morgan fingerprint density at radius 1 is 1.50 bits per heavy atom. The molecule has 1 unspecified atom stereocenters. The fraction of sp³-hybridized carbons (Fsp3) is 0.769. The van der Waals surface area contributed by atoms with Crippen LogP contribution in [0.3, 0.4) is 0 Å². The van der Waals surface area contributed by atoms with Crippen LogP contribution in [0.15, 0.2) is 12.7 Å². The molecule has 1 amide bonds. The van der Waals surface area contributed by atoms with Crippen LogP contribution in [0.2, 0.25) is 0 Å². The molecule has 18 heavy (non-hydrogen) atoms. The van der Waals surface area contributed by atoms with Gasteiger partial charge >= 0.3 is 0 Å². The largest absolute Gasteiger partial charge is 0.368 e. The van der Waals surface area contributed by atoms with Gasteiger partial charge in [-0.1, -0.05) is 6.08 Å². The monoisotopic (exact) mass is 276 g/mol. The van der Waals surface area contributed by atoms with Crippen molar-refractivity contribution in [2.75, 3.05) is 6.61 Å². The van der Waals surface area contributed by atoms with Crippen LogP contribution < -0.4 is 11.1 Å². The van der Waals surface area contributed by atoms with Crippen molar-refractivity contribution >= 4 is 18.3 Å². The first-order chi connectivity index (χ1) is 8.13. The van der Waals surface area contributed by atoms with Crippen molar-refractivity contribution in [3.63, 3.8) is 0 Å². The van der Waals surface area contributed by atoms with Crippen molar-refractivity contribution in [3.05, 3.63) is 12.7 Å². The number of nitrogens with two attached hydrogens (primary N) is 1. The van der Waals surface area contributed by atoms with Gasteiger partial charge < -0.3 is 15.8 Å². The van der Waals surface area contributed by atoms with Crippen LogP contribution in [0.25, 0.3) is 0 Å². The van der Waals surface area contributed by atoms with Crippen molar-refractivity contribution in [3.8, 4) is 0 Å². The number of hydrogen-bond acceptors (Lipinski definition) is 3. The molecular weight excluding hydrogens is 252 g/mol. The van der Waals surface area contributed by atoms with Crippen molar-refractivity contribution < 1.29 is 9.53 Å². The quantitative estimate of drug-likeness (QED) is 0.574. The third-order valence-corrected chi connectivity index (χ3v) is 3.18. The summed E-state index contributed by atoms with van der Waals surface area (Å²) in [6.07, 6.45) is 6.13. The van der Waals surface area contributed by atoms with Crippen LogP contribution in [-0.2, 0) is 9.53 Å². The predicted molar refractivity (Wildman–Crippen MR) is 75.9 cm³/mol. The number of ether oxygens (including phenoxy) is 1. The van der Waals surface area contributed by atoms with Gasteiger partial charge in [-0.25, -0.2) is 0 Å². The Hall–Kier alpha value is -0.580. The molecule has 106 valence electrons. The van der Waals surface area contributed by atoms with Gasteiger partial charge in [0.05, 0.1) is 6.61 Å². The van der Waals surface area contributed by atoms with E-state index >= 15 is 0 Å². The van der Waals surface area contributed by atoms with Crippen molar-refractivity contribution in [1.82, 2.24) is 5.32 Å². The van der Waals surface area contributed by atoms with Crippen LogP contribution in [0.5, 0.6) is 0 Å². The second-order valence-electron chi connectivity index (χ2n) is 4.71. The van der Waals surface area contributed by atoms with Gasteiger partial charge in [0.2, 0.25) is 5.91 Å². The molecule has 1 aliphatic rings. The highest BCUT2D eigenvalue weighted by Crippen LogP contribution is 2.17. The third-order valence-electron chi connectivity index (χ3n) is 3.18. The van der Waals surface area contributed by atoms with Gasteiger partial charge in [-0.3, -0.25) is 4.79 Å². The molecular formula is C13H25ClN2O2. The molecule has 4 nitrogen and oxygen atoms in total. The number of halogens is 1. The lowest BCUT2D eigenvalue weighted by Gasteiger charge is -2.27. The molecule has 3 N–H and O–H groups in total. The first-order valence-corrected chi connectivity index (χ1v) is 6.42. The fourth-order valence-corrected chi connectivity index (χ4v) is 1.99. The molecule has 0 aromatic rings. The molecule has 0 aromatic heterocycles. The molecule has 1 atom stereocenters. The first kappa shape index (κ1) is 17.4. The van der Waals surface area contributed by atoms with E-state index in [4.69, 9.17) is 10.5 Å².